The van der Waals surface area contributed by atoms with Crippen molar-refractivity contribution in [3.63, 3.8) is 0 Å². The van der Waals surface area contributed by atoms with Crippen molar-refractivity contribution in [3.05, 3.63) is 101 Å². The monoisotopic (exact) mass is 914 g/mol. The molecule has 6 rings (SSSR count). The van der Waals surface area contributed by atoms with Crippen LogP contribution in [0.3, 0.4) is 0 Å². The van der Waals surface area contributed by atoms with Crippen LogP contribution in [-0.4, -0.2) is 84.1 Å². The number of nitrogens with zero attached hydrogens (tertiary/aromatic N) is 6. The molecule has 0 radical (unpaired) electrons. The molecular weight excluding hydrogens is 891 g/mol. The summed E-state index contributed by atoms with van der Waals surface area (Å²) in [4.78, 5) is 26.5. The third-order valence-corrected chi connectivity index (χ3v) is 9.21. The molecule has 0 spiro atoms. The largest absolute Gasteiger partial charge is 0.476 e. The van der Waals surface area contributed by atoms with Crippen molar-refractivity contribution in [1.82, 2.24) is 29.9 Å². The maximum atomic E-state index is 14.7. The normalized spacial score (nSPS) is 14.2. The Morgan fingerprint density at radius 2 is 0.714 bits per heavy atom. The number of ether oxygens (including phenoxy) is 1. The molecule has 0 bridgehead atoms. The van der Waals surface area contributed by atoms with Gasteiger partial charge in [0.2, 0.25) is 5.88 Å². The highest BCUT2D eigenvalue weighted by molar-refractivity contribution is 5.84. The molecule has 0 aliphatic carbocycles. The van der Waals surface area contributed by atoms with E-state index in [1.807, 2.05) is 0 Å². The standard InChI is InChI=1S/C39H23F17N6O/c1-20-21(58-23-9-3-2-8-22(23)57-20)14-15-28-29(60-25-11-5-4-10-24(25)59-28)16-17-30-31(62-27-13-7-6-12-26(27)61-30)63-19-18-32(40,41)33(42,43)34(44,45)35(46,47)36(48,49)37(50,51)38(52,53)39(54,55)56/h2-17H,18-19H2,1H3/b15-14+,17-16+. The number of para-hydroxylation sites is 6. The van der Waals surface area contributed by atoms with Crippen molar-refractivity contribution in [2.24, 2.45) is 0 Å². The number of hydrogen-bond acceptors (Lipinski definition) is 7. The third kappa shape index (κ3) is 7.91. The van der Waals surface area contributed by atoms with E-state index in [-0.39, 0.29) is 22.4 Å². The molecule has 0 fully saturated rings. The van der Waals surface area contributed by atoms with Crippen LogP contribution in [0.2, 0.25) is 0 Å². The van der Waals surface area contributed by atoms with Crippen LogP contribution in [-0.2, 0) is 0 Å². The van der Waals surface area contributed by atoms with E-state index in [1.165, 1.54) is 36.4 Å². The van der Waals surface area contributed by atoms with Crippen molar-refractivity contribution < 1.29 is 79.4 Å². The molecule has 7 nitrogen and oxygen atoms in total. The van der Waals surface area contributed by atoms with Gasteiger partial charge < -0.3 is 4.74 Å². The van der Waals surface area contributed by atoms with Crippen LogP contribution in [0, 0.1) is 6.92 Å². The Hall–Kier alpha value is -6.23. The molecule has 3 aromatic carbocycles. The Morgan fingerprint density at radius 1 is 0.397 bits per heavy atom. The van der Waals surface area contributed by atoms with Crippen molar-refractivity contribution in [2.45, 2.75) is 61.0 Å². The van der Waals surface area contributed by atoms with E-state index < -0.39 is 72.2 Å². The molecule has 0 N–H and O–H groups in total. The van der Waals surface area contributed by atoms with Gasteiger partial charge in [-0.2, -0.15) is 74.6 Å². The van der Waals surface area contributed by atoms with Crippen LogP contribution in [0.25, 0.3) is 57.4 Å². The Labute approximate surface area is 341 Å². The second kappa shape index (κ2) is 15.8. The lowest BCUT2D eigenvalue weighted by molar-refractivity contribution is -0.461. The summed E-state index contributed by atoms with van der Waals surface area (Å²) in [5, 5.41) is 0. The fourth-order valence-corrected chi connectivity index (χ4v) is 5.69. The van der Waals surface area contributed by atoms with Crippen molar-refractivity contribution >= 4 is 57.4 Å². The fraction of sp³-hybridized carbons (Fsp3) is 0.282. The number of aryl methyl sites for hydroxylation is 1. The fourth-order valence-electron chi connectivity index (χ4n) is 5.69. The van der Waals surface area contributed by atoms with E-state index in [0.717, 1.165) is 6.08 Å². The van der Waals surface area contributed by atoms with Crippen molar-refractivity contribution in [2.75, 3.05) is 6.61 Å². The van der Waals surface area contributed by atoms with E-state index >= 15 is 0 Å². The van der Waals surface area contributed by atoms with Gasteiger partial charge in [0.15, 0.2) is 0 Å². The Bertz CT molecular complexity index is 2740. The lowest BCUT2D eigenvalue weighted by Crippen LogP contribution is -2.74. The van der Waals surface area contributed by atoms with Gasteiger partial charge in [0.1, 0.15) is 5.69 Å². The van der Waals surface area contributed by atoms with Gasteiger partial charge in [-0.15, -0.1) is 0 Å². The Morgan fingerprint density at radius 3 is 1.14 bits per heavy atom. The van der Waals surface area contributed by atoms with Crippen LogP contribution in [0.15, 0.2) is 72.8 Å². The van der Waals surface area contributed by atoms with Gasteiger partial charge in [-0.05, 0) is 67.6 Å². The number of fused-ring (bicyclic) bond motifs is 3. The Kier molecular flexibility index (Phi) is 11.6. The summed E-state index contributed by atoms with van der Waals surface area (Å²) < 4.78 is 240. The molecule has 0 saturated heterocycles. The summed E-state index contributed by atoms with van der Waals surface area (Å²) in [7, 11) is 0. The van der Waals surface area contributed by atoms with E-state index in [9.17, 15) is 74.6 Å². The molecule has 24 heteroatoms. The first-order chi connectivity index (χ1) is 29.1. The molecule has 0 amide bonds. The maximum absolute atomic E-state index is 14.7. The molecule has 334 valence electrons. The molecule has 0 aliphatic rings. The number of alkyl halides is 17. The van der Waals surface area contributed by atoms with Crippen LogP contribution >= 0.6 is 0 Å². The van der Waals surface area contributed by atoms with Gasteiger partial charge in [-0.3, -0.25) is 0 Å². The predicted octanol–water partition coefficient (Wildman–Crippen LogP) is 11.9. The first kappa shape index (κ1) is 46.3. The summed E-state index contributed by atoms with van der Waals surface area (Å²) in [5.41, 5.74) is 2.86. The average molecular weight is 915 g/mol. The third-order valence-electron chi connectivity index (χ3n) is 9.21. The quantitative estimate of drug-likeness (QED) is 0.101. The molecule has 0 saturated carbocycles. The van der Waals surface area contributed by atoms with Gasteiger partial charge in [0.25, 0.3) is 0 Å². The number of aromatic nitrogens is 6. The van der Waals surface area contributed by atoms with Crippen LogP contribution in [0.1, 0.15) is 34.9 Å². The molecule has 6 aromatic rings. The van der Waals surface area contributed by atoms with Gasteiger partial charge >= 0.3 is 47.6 Å². The van der Waals surface area contributed by atoms with Gasteiger partial charge in [-0.25, -0.2) is 29.9 Å². The summed E-state index contributed by atoms with van der Waals surface area (Å²) in [6.45, 7) is -0.220. The molecule has 3 heterocycles. The zero-order valence-corrected chi connectivity index (χ0v) is 31.2. The van der Waals surface area contributed by atoms with Crippen molar-refractivity contribution in [3.8, 4) is 5.88 Å². The van der Waals surface area contributed by atoms with E-state index in [2.05, 4.69) is 29.9 Å². The van der Waals surface area contributed by atoms with Gasteiger partial charge in [-0.1, -0.05) is 36.4 Å². The van der Waals surface area contributed by atoms with Crippen LogP contribution in [0.5, 0.6) is 5.88 Å². The second-order valence-electron chi connectivity index (χ2n) is 13.5. The lowest BCUT2D eigenvalue weighted by Gasteiger charge is -2.42. The number of hydrogen-bond donors (Lipinski definition) is 0. The molecule has 3 aromatic heterocycles. The zero-order valence-electron chi connectivity index (χ0n) is 31.2. The van der Waals surface area contributed by atoms with Crippen LogP contribution < -0.4 is 4.74 Å². The molecule has 0 unspecified atom stereocenters. The summed E-state index contributed by atoms with van der Waals surface area (Å²) in [6, 6.07) is 19.1. The number of benzene rings is 3. The van der Waals surface area contributed by atoms with E-state index in [1.54, 1.807) is 61.5 Å². The highest BCUT2D eigenvalue weighted by atomic mass is 19.4. The topological polar surface area (TPSA) is 86.6 Å². The summed E-state index contributed by atoms with van der Waals surface area (Å²) >= 11 is 0. The van der Waals surface area contributed by atoms with Crippen molar-refractivity contribution in [1.29, 1.82) is 0 Å². The van der Waals surface area contributed by atoms with E-state index in [0.29, 0.717) is 33.5 Å². The second-order valence-corrected chi connectivity index (χ2v) is 13.5. The minimum atomic E-state index is -8.73. The highest BCUT2D eigenvalue weighted by Gasteiger charge is 2.95. The molecule has 63 heavy (non-hydrogen) atoms. The first-order valence-electron chi connectivity index (χ1n) is 17.5. The molecule has 0 atom stereocenters. The van der Waals surface area contributed by atoms with Crippen LogP contribution in [0.4, 0.5) is 74.6 Å². The molecular formula is C39H23F17N6O. The number of halogens is 17. The lowest BCUT2D eigenvalue weighted by atomic mass is 9.88. The maximum Gasteiger partial charge on any atom is 0.460 e. The SMILES string of the molecule is Cc1nc2ccccc2nc1/C=C/c1nc2ccccc2nc1/C=C/c1nc2ccccc2nc1OCCC(F)(F)C(F)(F)C(F)(F)C(F)(F)C(F)(F)C(F)(F)C(F)(F)C(F)(F)F. The smallest absolute Gasteiger partial charge is 0.460 e. The summed E-state index contributed by atoms with van der Waals surface area (Å²) in [6.07, 6.45) is -5.21. The van der Waals surface area contributed by atoms with Gasteiger partial charge in [0, 0.05) is 0 Å². The average Bonchev–Trinajstić information content (AvgIpc) is 3.20. The number of rotatable bonds is 14. The first-order valence-corrected chi connectivity index (χ1v) is 17.5. The Balaban J connectivity index is 1.31. The summed E-state index contributed by atoms with van der Waals surface area (Å²) in [5.74, 6) is -58.0. The highest BCUT2D eigenvalue weighted by Crippen LogP contribution is 2.64. The predicted molar refractivity (Wildman–Crippen MR) is 192 cm³/mol. The minimum absolute atomic E-state index is 0.0623. The zero-order chi connectivity index (χ0) is 46.6. The minimum Gasteiger partial charge on any atom is -0.476 e. The molecule has 0 aliphatic heterocycles. The van der Waals surface area contributed by atoms with E-state index in [4.69, 9.17) is 4.74 Å². The van der Waals surface area contributed by atoms with Gasteiger partial charge in [0.05, 0.1) is 68.9 Å².